The lowest BCUT2D eigenvalue weighted by Gasteiger charge is -2.23. The van der Waals surface area contributed by atoms with Gasteiger partial charge in [-0.25, -0.2) is 0 Å². The molecule has 1 heterocycles. The van der Waals surface area contributed by atoms with Crippen LogP contribution in [-0.4, -0.2) is 37.7 Å². The van der Waals surface area contributed by atoms with Gasteiger partial charge in [-0.15, -0.1) is 24.8 Å². The van der Waals surface area contributed by atoms with E-state index in [4.69, 9.17) is 16.3 Å². The summed E-state index contributed by atoms with van der Waals surface area (Å²) >= 11 is 6.02. The van der Waals surface area contributed by atoms with Gasteiger partial charge in [0.05, 0.1) is 18.0 Å². The van der Waals surface area contributed by atoms with Gasteiger partial charge in [-0.2, -0.15) is 0 Å². The molecule has 3 rings (SSSR count). The van der Waals surface area contributed by atoms with Crippen molar-refractivity contribution in [3.8, 4) is 0 Å². The van der Waals surface area contributed by atoms with E-state index >= 15 is 0 Å². The van der Waals surface area contributed by atoms with Crippen molar-refractivity contribution in [2.24, 2.45) is 0 Å². The Morgan fingerprint density at radius 1 is 1.27 bits per heavy atom. The minimum Gasteiger partial charge on any atom is -0.381 e. The van der Waals surface area contributed by atoms with Crippen molar-refractivity contribution in [2.75, 3.05) is 30.3 Å². The van der Waals surface area contributed by atoms with Crippen LogP contribution < -0.4 is 16.0 Å². The molecule has 0 bridgehead atoms. The van der Waals surface area contributed by atoms with Gasteiger partial charge in [0, 0.05) is 24.2 Å². The lowest BCUT2D eigenvalue weighted by atomic mass is 10.2. The molecule has 0 radical (unpaired) electrons. The molecule has 0 unspecified atom stereocenters. The third kappa shape index (κ3) is 5.18. The minimum atomic E-state index is -0.448. The molecule has 1 aliphatic carbocycles. The van der Waals surface area contributed by atoms with Crippen LogP contribution in [0.2, 0.25) is 5.02 Å². The molecule has 2 fully saturated rings. The average Bonchev–Trinajstić information content (AvgIpc) is 3.27. The van der Waals surface area contributed by atoms with Crippen molar-refractivity contribution < 1.29 is 9.53 Å². The first-order chi connectivity index (χ1) is 9.72. The van der Waals surface area contributed by atoms with Crippen LogP contribution in [0.25, 0.3) is 0 Å². The van der Waals surface area contributed by atoms with Gasteiger partial charge >= 0.3 is 0 Å². The molecule has 1 saturated heterocycles. The molecule has 3 N–H and O–H groups in total. The molecule has 5 nitrogen and oxygen atoms in total. The normalized spacial score (nSPS) is 20.3. The lowest BCUT2D eigenvalue weighted by molar-refractivity contribution is -0.128. The number of benzene rings is 1. The monoisotopic (exact) mass is 367 g/mol. The molecule has 1 aromatic carbocycles. The fraction of sp³-hybridized carbons (Fsp3) is 0.500. The predicted molar refractivity (Wildman–Crippen MR) is 93.8 cm³/mol. The zero-order valence-corrected chi connectivity index (χ0v) is 14.3. The van der Waals surface area contributed by atoms with E-state index in [-0.39, 0.29) is 30.7 Å². The zero-order valence-electron chi connectivity index (χ0n) is 11.9. The maximum absolute atomic E-state index is 12.2. The highest BCUT2D eigenvalue weighted by molar-refractivity contribution is 6.31. The Hall–Kier alpha value is -0.720. The molecule has 1 amide bonds. The topological polar surface area (TPSA) is 62.4 Å². The maximum Gasteiger partial charge on any atom is 0.254 e. The molecular weight excluding hydrogens is 349 g/mol. The van der Waals surface area contributed by atoms with Gasteiger partial charge in [0.25, 0.3) is 5.91 Å². The summed E-state index contributed by atoms with van der Waals surface area (Å²) in [5, 5.41) is 10.0. The SMILES string of the molecule is Cl.Cl.O=C(Nc1cc(Cl)ccc1NC1CC1)[C@H]1CNCCO1. The van der Waals surface area contributed by atoms with Crippen molar-refractivity contribution >= 4 is 53.7 Å². The fourth-order valence-corrected chi connectivity index (χ4v) is 2.31. The number of hydrogen-bond donors (Lipinski definition) is 3. The standard InChI is InChI=1S/C14H18ClN3O2.2ClH/c15-9-1-4-11(17-10-2-3-10)12(7-9)18-14(19)13-8-16-5-6-20-13;;/h1,4,7,10,13,16-17H,2-3,5-6,8H2,(H,18,19);2*1H/t13-;;/m1../s1. The van der Waals surface area contributed by atoms with E-state index in [0.717, 1.165) is 12.2 Å². The summed E-state index contributed by atoms with van der Waals surface area (Å²) < 4.78 is 5.45. The van der Waals surface area contributed by atoms with Crippen LogP contribution in [-0.2, 0) is 9.53 Å². The molecule has 8 heteroatoms. The van der Waals surface area contributed by atoms with Gasteiger partial charge < -0.3 is 20.7 Å². The Balaban J connectivity index is 0.00000121. The molecule has 22 heavy (non-hydrogen) atoms. The van der Waals surface area contributed by atoms with Crippen molar-refractivity contribution in [3.63, 3.8) is 0 Å². The number of rotatable bonds is 4. The van der Waals surface area contributed by atoms with E-state index in [1.807, 2.05) is 12.1 Å². The van der Waals surface area contributed by atoms with Crippen LogP contribution in [0.5, 0.6) is 0 Å². The van der Waals surface area contributed by atoms with E-state index in [1.54, 1.807) is 6.07 Å². The number of carbonyl (C=O) groups excluding carboxylic acids is 1. The summed E-state index contributed by atoms with van der Waals surface area (Å²) in [7, 11) is 0. The Labute approximate surface area is 147 Å². The Morgan fingerprint density at radius 3 is 2.68 bits per heavy atom. The van der Waals surface area contributed by atoms with Crippen molar-refractivity contribution in [3.05, 3.63) is 23.2 Å². The van der Waals surface area contributed by atoms with Crippen LogP contribution in [0.4, 0.5) is 11.4 Å². The number of ether oxygens (including phenoxy) is 1. The number of carbonyl (C=O) groups is 1. The molecule has 0 spiro atoms. The molecule has 1 aliphatic heterocycles. The zero-order chi connectivity index (χ0) is 13.9. The van der Waals surface area contributed by atoms with Crippen molar-refractivity contribution in [1.82, 2.24) is 5.32 Å². The number of halogens is 3. The summed E-state index contributed by atoms with van der Waals surface area (Å²) in [4.78, 5) is 12.2. The number of anilines is 2. The largest absolute Gasteiger partial charge is 0.381 e. The molecule has 1 aromatic rings. The number of morpholine rings is 1. The van der Waals surface area contributed by atoms with Crippen LogP contribution in [0.15, 0.2) is 18.2 Å². The highest BCUT2D eigenvalue weighted by Gasteiger charge is 2.25. The summed E-state index contributed by atoms with van der Waals surface area (Å²) in [5.41, 5.74) is 1.62. The Morgan fingerprint density at radius 2 is 2.05 bits per heavy atom. The first-order valence-corrected chi connectivity index (χ1v) is 7.29. The molecule has 1 saturated carbocycles. The highest BCUT2D eigenvalue weighted by atomic mass is 35.5. The van der Waals surface area contributed by atoms with E-state index in [0.29, 0.717) is 29.9 Å². The van der Waals surface area contributed by atoms with E-state index < -0.39 is 6.10 Å². The van der Waals surface area contributed by atoms with E-state index in [2.05, 4.69) is 16.0 Å². The summed E-state index contributed by atoms with van der Waals surface area (Å²) in [5.74, 6) is -0.140. The van der Waals surface area contributed by atoms with Crippen LogP contribution in [0.3, 0.4) is 0 Å². The number of amides is 1. The van der Waals surface area contributed by atoms with E-state index in [1.165, 1.54) is 12.8 Å². The lowest BCUT2D eigenvalue weighted by Crippen LogP contribution is -2.45. The molecular formula is C14H20Cl3N3O2. The first-order valence-electron chi connectivity index (χ1n) is 6.91. The van der Waals surface area contributed by atoms with Gasteiger partial charge in [0.2, 0.25) is 0 Å². The number of nitrogens with one attached hydrogen (secondary N) is 3. The second-order valence-electron chi connectivity index (χ2n) is 5.16. The second kappa shape index (κ2) is 8.79. The van der Waals surface area contributed by atoms with Gasteiger partial charge in [0.15, 0.2) is 0 Å². The quantitative estimate of drug-likeness (QED) is 0.764. The minimum absolute atomic E-state index is 0. The van der Waals surface area contributed by atoms with Crippen LogP contribution >= 0.6 is 36.4 Å². The van der Waals surface area contributed by atoms with Gasteiger partial charge in [-0.3, -0.25) is 4.79 Å². The molecule has 124 valence electrons. The van der Waals surface area contributed by atoms with Gasteiger partial charge in [0.1, 0.15) is 6.10 Å². The highest BCUT2D eigenvalue weighted by Crippen LogP contribution is 2.31. The molecule has 0 aromatic heterocycles. The first kappa shape index (κ1) is 19.3. The van der Waals surface area contributed by atoms with Crippen molar-refractivity contribution in [2.45, 2.75) is 25.0 Å². The summed E-state index contributed by atoms with van der Waals surface area (Å²) in [6, 6.07) is 6.00. The van der Waals surface area contributed by atoms with Crippen molar-refractivity contribution in [1.29, 1.82) is 0 Å². The number of hydrogen-bond acceptors (Lipinski definition) is 4. The Bertz CT molecular complexity index is 506. The third-order valence-electron chi connectivity index (χ3n) is 3.40. The summed E-state index contributed by atoms with van der Waals surface area (Å²) in [6.07, 6.45) is 1.90. The fourth-order valence-electron chi connectivity index (χ4n) is 2.14. The summed E-state index contributed by atoms with van der Waals surface area (Å²) in [6.45, 7) is 1.88. The molecule has 1 atom stereocenters. The van der Waals surface area contributed by atoms with Gasteiger partial charge in [-0.1, -0.05) is 11.6 Å². The smallest absolute Gasteiger partial charge is 0.254 e. The Kier molecular flexibility index (Phi) is 7.72. The third-order valence-corrected chi connectivity index (χ3v) is 3.63. The predicted octanol–water partition coefficient (Wildman–Crippen LogP) is 2.68. The second-order valence-corrected chi connectivity index (χ2v) is 5.60. The van der Waals surface area contributed by atoms with Crippen LogP contribution in [0, 0.1) is 0 Å². The van der Waals surface area contributed by atoms with Crippen LogP contribution in [0.1, 0.15) is 12.8 Å². The van der Waals surface area contributed by atoms with E-state index in [9.17, 15) is 4.79 Å². The maximum atomic E-state index is 12.2. The van der Waals surface area contributed by atoms with Gasteiger partial charge in [-0.05, 0) is 31.0 Å². The average molecular weight is 369 g/mol. The molecule has 2 aliphatic rings.